The van der Waals surface area contributed by atoms with Crippen LogP contribution in [0.4, 0.5) is 0 Å². The molecule has 1 heterocycles. The molecule has 0 radical (unpaired) electrons. The first-order valence-corrected chi connectivity index (χ1v) is 7.78. The number of benzene rings is 1. The van der Waals surface area contributed by atoms with Crippen LogP contribution in [0.15, 0.2) is 29.2 Å². The van der Waals surface area contributed by atoms with Crippen molar-refractivity contribution in [3.8, 4) is 0 Å². The van der Waals surface area contributed by atoms with E-state index in [9.17, 15) is 5.11 Å². The second-order valence-electron chi connectivity index (χ2n) is 5.40. The number of nitrogens with one attached hydrogen (secondary N) is 1. The molecule has 0 amide bonds. The van der Waals surface area contributed by atoms with Crippen molar-refractivity contribution in [3.05, 3.63) is 29.8 Å². The first-order chi connectivity index (χ1) is 8.70. The van der Waals surface area contributed by atoms with Gasteiger partial charge in [-0.25, -0.2) is 0 Å². The fourth-order valence-electron chi connectivity index (χ4n) is 2.56. The highest BCUT2D eigenvalue weighted by Crippen LogP contribution is 2.36. The van der Waals surface area contributed by atoms with Crippen LogP contribution >= 0.6 is 11.8 Å². The minimum atomic E-state index is 0.214. The van der Waals surface area contributed by atoms with Gasteiger partial charge in [-0.2, -0.15) is 0 Å². The van der Waals surface area contributed by atoms with Crippen LogP contribution in [-0.4, -0.2) is 23.5 Å². The summed E-state index contributed by atoms with van der Waals surface area (Å²) >= 11 is 1.94. The largest absolute Gasteiger partial charge is 0.395 e. The Kier molecular flexibility index (Phi) is 5.10. The molecule has 2 nitrogen and oxygen atoms in total. The van der Waals surface area contributed by atoms with Crippen LogP contribution in [0.3, 0.4) is 0 Å². The standard InChI is InChI=1S/C15H23NOS/c1-11(2)9-12(10-17)16-14-7-8-18-15-6-4-3-5-13(14)15/h3-6,11-12,14,16-17H,7-10H2,1-2H3. The number of rotatable bonds is 5. The first kappa shape index (κ1) is 13.9. The van der Waals surface area contributed by atoms with Crippen molar-refractivity contribution >= 4 is 11.8 Å². The Morgan fingerprint density at radius 3 is 2.89 bits per heavy atom. The monoisotopic (exact) mass is 265 g/mol. The summed E-state index contributed by atoms with van der Waals surface area (Å²) in [5.74, 6) is 1.77. The lowest BCUT2D eigenvalue weighted by Crippen LogP contribution is -2.37. The second-order valence-corrected chi connectivity index (χ2v) is 6.54. The summed E-state index contributed by atoms with van der Waals surface area (Å²) in [6.45, 7) is 4.63. The van der Waals surface area contributed by atoms with Gasteiger partial charge in [0.2, 0.25) is 0 Å². The molecule has 0 bridgehead atoms. The summed E-state index contributed by atoms with van der Waals surface area (Å²) in [7, 11) is 0. The highest BCUT2D eigenvalue weighted by Gasteiger charge is 2.22. The summed E-state index contributed by atoms with van der Waals surface area (Å²) in [5.41, 5.74) is 1.40. The topological polar surface area (TPSA) is 32.3 Å². The fraction of sp³-hybridized carbons (Fsp3) is 0.600. The smallest absolute Gasteiger partial charge is 0.0584 e. The summed E-state index contributed by atoms with van der Waals surface area (Å²) in [6.07, 6.45) is 2.18. The van der Waals surface area contributed by atoms with E-state index >= 15 is 0 Å². The van der Waals surface area contributed by atoms with Crippen LogP contribution in [0.1, 0.15) is 38.3 Å². The average Bonchev–Trinajstić information content (AvgIpc) is 2.38. The molecule has 100 valence electrons. The molecule has 2 rings (SSSR count). The summed E-state index contributed by atoms with van der Waals surface area (Å²) in [4.78, 5) is 1.39. The number of thioether (sulfide) groups is 1. The second kappa shape index (κ2) is 6.60. The lowest BCUT2D eigenvalue weighted by atomic mass is 9.99. The van der Waals surface area contributed by atoms with Crippen molar-refractivity contribution in [3.63, 3.8) is 0 Å². The predicted octanol–water partition coefficient (Wildman–Crippen LogP) is 3.22. The van der Waals surface area contributed by atoms with Crippen molar-refractivity contribution in [1.82, 2.24) is 5.32 Å². The van der Waals surface area contributed by atoms with Crippen LogP contribution < -0.4 is 5.32 Å². The fourth-order valence-corrected chi connectivity index (χ4v) is 3.69. The van der Waals surface area contributed by atoms with Crippen LogP contribution in [0, 0.1) is 5.92 Å². The lowest BCUT2D eigenvalue weighted by molar-refractivity contribution is 0.211. The van der Waals surface area contributed by atoms with Crippen LogP contribution in [0.25, 0.3) is 0 Å². The van der Waals surface area contributed by atoms with Crippen LogP contribution in [-0.2, 0) is 0 Å². The Bertz CT molecular complexity index is 381. The van der Waals surface area contributed by atoms with Gasteiger partial charge in [0, 0.05) is 17.0 Å². The third-order valence-electron chi connectivity index (χ3n) is 3.37. The van der Waals surface area contributed by atoms with E-state index in [-0.39, 0.29) is 12.6 Å². The van der Waals surface area contributed by atoms with E-state index in [1.165, 1.54) is 10.5 Å². The molecule has 0 fully saturated rings. The van der Waals surface area contributed by atoms with E-state index in [4.69, 9.17) is 0 Å². The zero-order valence-electron chi connectivity index (χ0n) is 11.2. The summed E-state index contributed by atoms with van der Waals surface area (Å²) in [6, 6.07) is 9.24. The van der Waals surface area contributed by atoms with E-state index in [2.05, 4.69) is 43.4 Å². The minimum Gasteiger partial charge on any atom is -0.395 e. The Hall–Kier alpha value is -0.510. The van der Waals surface area contributed by atoms with Gasteiger partial charge >= 0.3 is 0 Å². The van der Waals surface area contributed by atoms with Gasteiger partial charge in [-0.15, -0.1) is 11.8 Å². The number of hydrogen-bond donors (Lipinski definition) is 2. The third-order valence-corrected chi connectivity index (χ3v) is 4.49. The molecule has 2 unspecified atom stereocenters. The molecule has 0 spiro atoms. The average molecular weight is 265 g/mol. The maximum absolute atomic E-state index is 9.49. The van der Waals surface area contributed by atoms with E-state index in [0.717, 1.165) is 18.6 Å². The Balaban J connectivity index is 2.06. The van der Waals surface area contributed by atoms with Gasteiger partial charge < -0.3 is 10.4 Å². The molecule has 0 aliphatic carbocycles. The van der Waals surface area contributed by atoms with Crippen LogP contribution in [0.2, 0.25) is 0 Å². The molecule has 1 aliphatic heterocycles. The minimum absolute atomic E-state index is 0.214. The number of aliphatic hydroxyl groups excluding tert-OH is 1. The van der Waals surface area contributed by atoms with Crippen molar-refractivity contribution in [1.29, 1.82) is 0 Å². The molecular weight excluding hydrogens is 242 g/mol. The SMILES string of the molecule is CC(C)CC(CO)NC1CCSc2ccccc21. The zero-order chi connectivity index (χ0) is 13.0. The normalized spacial score (nSPS) is 20.8. The molecule has 2 atom stereocenters. The van der Waals surface area contributed by atoms with Gasteiger partial charge in [0.05, 0.1) is 6.61 Å². The van der Waals surface area contributed by atoms with Gasteiger partial charge in [-0.1, -0.05) is 32.0 Å². The van der Waals surface area contributed by atoms with Gasteiger partial charge in [-0.05, 0) is 36.1 Å². The van der Waals surface area contributed by atoms with Crippen molar-refractivity contribution in [2.45, 2.75) is 43.7 Å². The highest BCUT2D eigenvalue weighted by molar-refractivity contribution is 7.99. The van der Waals surface area contributed by atoms with E-state index in [0.29, 0.717) is 12.0 Å². The molecule has 1 aliphatic rings. The third kappa shape index (κ3) is 3.50. The maximum atomic E-state index is 9.49. The molecule has 1 aromatic rings. The molecule has 3 heteroatoms. The quantitative estimate of drug-likeness (QED) is 0.857. The van der Waals surface area contributed by atoms with Crippen LogP contribution in [0.5, 0.6) is 0 Å². The van der Waals surface area contributed by atoms with E-state index < -0.39 is 0 Å². The Morgan fingerprint density at radius 1 is 1.39 bits per heavy atom. The Labute approximate surface area is 114 Å². The molecule has 0 saturated heterocycles. The number of fused-ring (bicyclic) bond motifs is 1. The maximum Gasteiger partial charge on any atom is 0.0584 e. The molecule has 18 heavy (non-hydrogen) atoms. The van der Waals surface area contributed by atoms with Crippen molar-refractivity contribution in [2.75, 3.05) is 12.4 Å². The first-order valence-electron chi connectivity index (χ1n) is 6.79. The molecule has 2 N–H and O–H groups in total. The molecule has 1 aromatic carbocycles. The molecule has 0 aromatic heterocycles. The molecule has 0 saturated carbocycles. The molecular formula is C15H23NOS. The summed E-state index contributed by atoms with van der Waals surface area (Å²) in [5, 5.41) is 13.1. The predicted molar refractivity (Wildman–Crippen MR) is 78.0 cm³/mol. The number of aliphatic hydroxyl groups is 1. The number of hydrogen-bond acceptors (Lipinski definition) is 3. The highest BCUT2D eigenvalue weighted by atomic mass is 32.2. The Morgan fingerprint density at radius 2 is 2.17 bits per heavy atom. The van der Waals surface area contributed by atoms with E-state index in [1.807, 2.05) is 11.8 Å². The van der Waals surface area contributed by atoms with Gasteiger partial charge in [0.1, 0.15) is 0 Å². The van der Waals surface area contributed by atoms with Gasteiger partial charge in [0.25, 0.3) is 0 Å². The van der Waals surface area contributed by atoms with E-state index in [1.54, 1.807) is 0 Å². The van der Waals surface area contributed by atoms with Gasteiger partial charge in [0.15, 0.2) is 0 Å². The van der Waals surface area contributed by atoms with Crippen molar-refractivity contribution in [2.24, 2.45) is 5.92 Å². The lowest BCUT2D eigenvalue weighted by Gasteiger charge is -2.30. The van der Waals surface area contributed by atoms with Crippen molar-refractivity contribution < 1.29 is 5.11 Å². The van der Waals surface area contributed by atoms with Gasteiger partial charge in [-0.3, -0.25) is 0 Å². The summed E-state index contributed by atoms with van der Waals surface area (Å²) < 4.78 is 0. The zero-order valence-corrected chi connectivity index (χ0v) is 12.0.